The number of hydrogen-bond acceptors (Lipinski definition) is 1. The summed E-state index contributed by atoms with van der Waals surface area (Å²) >= 11 is 9.32. The summed E-state index contributed by atoms with van der Waals surface area (Å²) in [4.78, 5) is 0. The molecule has 1 aliphatic rings. The van der Waals surface area contributed by atoms with Gasteiger partial charge in [-0.25, -0.2) is 0 Å². The SMILES string of the molecule is Cl.Clc1cc(Br)c2c(c1)CCN2. The number of halogens is 3. The van der Waals surface area contributed by atoms with Crippen LogP contribution in [0.5, 0.6) is 0 Å². The third kappa shape index (κ3) is 1.70. The van der Waals surface area contributed by atoms with Gasteiger partial charge in [-0.05, 0) is 40.0 Å². The van der Waals surface area contributed by atoms with E-state index in [4.69, 9.17) is 11.6 Å². The van der Waals surface area contributed by atoms with Gasteiger partial charge in [0.1, 0.15) is 0 Å². The van der Waals surface area contributed by atoms with E-state index in [2.05, 4.69) is 21.2 Å². The third-order valence-electron chi connectivity index (χ3n) is 1.83. The Labute approximate surface area is 91.0 Å². The summed E-state index contributed by atoms with van der Waals surface area (Å²) in [6.45, 7) is 1.02. The highest BCUT2D eigenvalue weighted by Crippen LogP contribution is 2.33. The highest BCUT2D eigenvalue weighted by Gasteiger charge is 2.13. The van der Waals surface area contributed by atoms with Crippen molar-refractivity contribution in [1.29, 1.82) is 0 Å². The molecular formula is C8H8BrCl2N. The maximum absolute atomic E-state index is 5.87. The first kappa shape index (κ1) is 10.2. The number of nitrogens with one attached hydrogen (secondary N) is 1. The van der Waals surface area contributed by atoms with Crippen LogP contribution in [0, 0.1) is 0 Å². The average Bonchev–Trinajstić information content (AvgIpc) is 2.34. The minimum atomic E-state index is 0. The molecule has 0 aliphatic carbocycles. The molecule has 0 unspecified atom stereocenters. The van der Waals surface area contributed by atoms with Crippen LogP contribution in [0.1, 0.15) is 5.56 Å². The lowest BCUT2D eigenvalue weighted by Crippen LogP contribution is -1.91. The lowest BCUT2D eigenvalue weighted by atomic mass is 10.2. The Balaban J connectivity index is 0.000000720. The van der Waals surface area contributed by atoms with E-state index >= 15 is 0 Å². The van der Waals surface area contributed by atoms with Gasteiger partial charge in [0.05, 0.1) is 5.69 Å². The van der Waals surface area contributed by atoms with Crippen LogP contribution in [-0.2, 0) is 6.42 Å². The first-order valence-corrected chi connectivity index (χ1v) is 4.66. The van der Waals surface area contributed by atoms with Crippen molar-refractivity contribution in [1.82, 2.24) is 0 Å². The van der Waals surface area contributed by atoms with Crippen molar-refractivity contribution in [3.05, 3.63) is 27.2 Å². The maximum Gasteiger partial charge on any atom is 0.0519 e. The second-order valence-corrected chi connectivity index (χ2v) is 3.89. The summed E-state index contributed by atoms with van der Waals surface area (Å²) in [5.41, 5.74) is 2.51. The van der Waals surface area contributed by atoms with Crippen LogP contribution in [0.2, 0.25) is 5.02 Å². The van der Waals surface area contributed by atoms with E-state index < -0.39 is 0 Å². The van der Waals surface area contributed by atoms with Gasteiger partial charge >= 0.3 is 0 Å². The van der Waals surface area contributed by atoms with Crippen molar-refractivity contribution in [3.8, 4) is 0 Å². The van der Waals surface area contributed by atoms with Crippen molar-refractivity contribution in [2.24, 2.45) is 0 Å². The predicted octanol–water partition coefficient (Wildman–Crippen LogP) is 3.49. The van der Waals surface area contributed by atoms with E-state index in [1.165, 1.54) is 11.3 Å². The van der Waals surface area contributed by atoms with Crippen molar-refractivity contribution in [3.63, 3.8) is 0 Å². The fourth-order valence-corrected chi connectivity index (χ4v) is 2.36. The summed E-state index contributed by atoms with van der Waals surface area (Å²) in [6.07, 6.45) is 1.08. The largest absolute Gasteiger partial charge is 0.384 e. The van der Waals surface area contributed by atoms with Gasteiger partial charge in [-0.1, -0.05) is 11.6 Å². The molecule has 1 aromatic carbocycles. The quantitative estimate of drug-likeness (QED) is 0.760. The van der Waals surface area contributed by atoms with Gasteiger partial charge in [0, 0.05) is 16.0 Å². The number of anilines is 1. The van der Waals surface area contributed by atoms with Crippen LogP contribution >= 0.6 is 39.9 Å². The van der Waals surface area contributed by atoms with E-state index in [1.807, 2.05) is 12.1 Å². The van der Waals surface area contributed by atoms with Crippen LogP contribution in [0.25, 0.3) is 0 Å². The van der Waals surface area contributed by atoms with Crippen LogP contribution < -0.4 is 5.32 Å². The van der Waals surface area contributed by atoms with Gasteiger partial charge in [-0.3, -0.25) is 0 Å². The normalized spacial score (nSPS) is 13.2. The Kier molecular flexibility index (Phi) is 3.27. The van der Waals surface area contributed by atoms with Crippen molar-refractivity contribution in [2.75, 3.05) is 11.9 Å². The average molecular weight is 269 g/mol. The molecule has 1 heterocycles. The Bertz CT molecular complexity index is 301. The molecule has 1 nitrogen and oxygen atoms in total. The van der Waals surface area contributed by atoms with E-state index in [0.717, 1.165) is 22.5 Å². The fraction of sp³-hybridized carbons (Fsp3) is 0.250. The van der Waals surface area contributed by atoms with Gasteiger partial charge in [-0.2, -0.15) is 0 Å². The monoisotopic (exact) mass is 267 g/mol. The molecule has 12 heavy (non-hydrogen) atoms. The first-order valence-electron chi connectivity index (χ1n) is 3.49. The Morgan fingerprint density at radius 1 is 1.42 bits per heavy atom. The molecule has 0 saturated carbocycles. The molecule has 2 rings (SSSR count). The van der Waals surface area contributed by atoms with Crippen LogP contribution in [0.4, 0.5) is 5.69 Å². The highest BCUT2D eigenvalue weighted by atomic mass is 79.9. The van der Waals surface area contributed by atoms with Crippen LogP contribution in [-0.4, -0.2) is 6.54 Å². The molecule has 0 spiro atoms. The topological polar surface area (TPSA) is 12.0 Å². The van der Waals surface area contributed by atoms with E-state index in [9.17, 15) is 0 Å². The molecule has 0 saturated heterocycles. The van der Waals surface area contributed by atoms with E-state index in [-0.39, 0.29) is 12.4 Å². The lowest BCUT2D eigenvalue weighted by Gasteiger charge is -2.02. The predicted molar refractivity (Wildman–Crippen MR) is 58.6 cm³/mol. The van der Waals surface area contributed by atoms with Gasteiger partial charge < -0.3 is 5.32 Å². The smallest absolute Gasteiger partial charge is 0.0519 e. The molecule has 66 valence electrons. The van der Waals surface area contributed by atoms with Gasteiger partial charge in [0.15, 0.2) is 0 Å². The van der Waals surface area contributed by atoms with Crippen molar-refractivity contribution < 1.29 is 0 Å². The second kappa shape index (κ2) is 3.86. The summed E-state index contributed by atoms with van der Waals surface area (Å²) in [5, 5.41) is 4.10. The molecule has 0 bridgehead atoms. The molecule has 1 aromatic rings. The minimum Gasteiger partial charge on any atom is -0.384 e. The van der Waals surface area contributed by atoms with Crippen LogP contribution in [0.15, 0.2) is 16.6 Å². The molecule has 0 atom stereocenters. The van der Waals surface area contributed by atoms with Crippen LogP contribution in [0.3, 0.4) is 0 Å². The number of hydrogen-bond donors (Lipinski definition) is 1. The fourth-order valence-electron chi connectivity index (χ4n) is 1.34. The molecule has 1 N–H and O–H groups in total. The van der Waals surface area contributed by atoms with Crippen molar-refractivity contribution >= 4 is 45.6 Å². The number of fused-ring (bicyclic) bond motifs is 1. The second-order valence-electron chi connectivity index (χ2n) is 2.60. The van der Waals surface area contributed by atoms with Crippen molar-refractivity contribution in [2.45, 2.75) is 6.42 Å². The number of benzene rings is 1. The lowest BCUT2D eigenvalue weighted by molar-refractivity contribution is 1.11. The zero-order valence-electron chi connectivity index (χ0n) is 6.23. The maximum atomic E-state index is 5.87. The minimum absolute atomic E-state index is 0. The molecule has 0 radical (unpaired) electrons. The summed E-state index contributed by atoms with van der Waals surface area (Å²) in [7, 11) is 0. The molecule has 0 amide bonds. The summed E-state index contributed by atoms with van der Waals surface area (Å²) in [6, 6.07) is 3.93. The molecular weight excluding hydrogens is 261 g/mol. The zero-order chi connectivity index (χ0) is 7.84. The van der Waals surface area contributed by atoms with Gasteiger partial charge in [0.25, 0.3) is 0 Å². The molecule has 0 aromatic heterocycles. The third-order valence-corrected chi connectivity index (χ3v) is 2.68. The Hall–Kier alpha value is 0.0800. The standard InChI is InChI=1S/C8H7BrClN.ClH/c9-7-4-6(10)3-5-1-2-11-8(5)7;/h3-4,11H,1-2H2;1H. The molecule has 1 aliphatic heterocycles. The molecule has 4 heteroatoms. The highest BCUT2D eigenvalue weighted by molar-refractivity contribution is 9.10. The summed E-state index contributed by atoms with van der Waals surface area (Å²) < 4.78 is 1.07. The van der Waals surface area contributed by atoms with Gasteiger partial charge in [0.2, 0.25) is 0 Å². The van der Waals surface area contributed by atoms with Gasteiger partial charge in [-0.15, -0.1) is 12.4 Å². The Morgan fingerprint density at radius 2 is 2.17 bits per heavy atom. The molecule has 0 fully saturated rings. The zero-order valence-corrected chi connectivity index (χ0v) is 9.39. The number of rotatable bonds is 0. The summed E-state index contributed by atoms with van der Waals surface area (Å²) in [5.74, 6) is 0. The Morgan fingerprint density at radius 3 is 2.92 bits per heavy atom. The first-order chi connectivity index (χ1) is 5.27. The van der Waals surface area contributed by atoms with E-state index in [0.29, 0.717) is 0 Å². The van der Waals surface area contributed by atoms with E-state index in [1.54, 1.807) is 0 Å².